The first kappa shape index (κ1) is 19.1. The number of carbonyl (C=O) groups is 1. The Labute approximate surface area is 169 Å². The van der Waals surface area contributed by atoms with Crippen molar-refractivity contribution in [2.24, 2.45) is 0 Å². The third kappa shape index (κ3) is 3.82. The van der Waals surface area contributed by atoms with Gasteiger partial charge in [-0.1, -0.05) is 42.3 Å². The third-order valence-corrected chi connectivity index (χ3v) is 6.15. The second-order valence-corrected chi connectivity index (χ2v) is 8.14. The highest BCUT2D eigenvalue weighted by Crippen LogP contribution is 2.37. The quantitative estimate of drug-likeness (QED) is 0.696. The molecule has 1 atom stereocenters. The van der Waals surface area contributed by atoms with Crippen LogP contribution in [-0.2, 0) is 6.54 Å². The number of carbonyl (C=O) groups excluding carboxylic acids is 1. The molecule has 148 valence electrons. The van der Waals surface area contributed by atoms with Crippen molar-refractivity contribution in [3.05, 3.63) is 58.1 Å². The van der Waals surface area contributed by atoms with Crippen LogP contribution in [-0.4, -0.2) is 33.6 Å². The molecule has 0 bridgehead atoms. The summed E-state index contributed by atoms with van der Waals surface area (Å²) in [7, 11) is 0. The minimum atomic E-state index is -0.264. The van der Waals surface area contributed by atoms with E-state index < -0.39 is 0 Å². The Morgan fingerprint density at radius 3 is 2.68 bits per heavy atom. The Morgan fingerprint density at radius 2 is 1.93 bits per heavy atom. The molecule has 2 aromatic carbocycles. The minimum absolute atomic E-state index is 0.0249. The number of benzene rings is 2. The molecule has 4 rings (SSSR count). The molecule has 0 radical (unpaired) electrons. The van der Waals surface area contributed by atoms with Crippen molar-refractivity contribution in [2.45, 2.75) is 50.7 Å². The Kier molecular flexibility index (Phi) is 5.47. The van der Waals surface area contributed by atoms with E-state index in [0.717, 1.165) is 31.0 Å². The highest BCUT2D eigenvalue weighted by atomic mass is 35.5. The number of likely N-dealkylation sites (tertiary alicyclic amines) is 1. The first-order valence-electron chi connectivity index (χ1n) is 9.87. The number of nitrogens with zero attached hydrogens (tertiary/aromatic N) is 1. The van der Waals surface area contributed by atoms with Crippen molar-refractivity contribution in [1.29, 1.82) is 0 Å². The molecule has 0 aromatic heterocycles. The van der Waals surface area contributed by atoms with Gasteiger partial charge in [-0.25, -0.2) is 0 Å². The molecule has 2 aliphatic rings. The summed E-state index contributed by atoms with van der Waals surface area (Å²) in [6.07, 6.45) is 5.61. The van der Waals surface area contributed by atoms with E-state index >= 15 is 0 Å². The largest absolute Gasteiger partial charge is 0.507 e. The molecule has 1 aliphatic carbocycles. The van der Waals surface area contributed by atoms with Crippen LogP contribution in [0.3, 0.4) is 0 Å². The predicted octanol–water partition coefficient (Wildman–Crippen LogP) is 4.37. The van der Waals surface area contributed by atoms with Gasteiger partial charge in [0, 0.05) is 25.2 Å². The summed E-state index contributed by atoms with van der Waals surface area (Å²) < 4.78 is 0. The van der Waals surface area contributed by atoms with Crippen molar-refractivity contribution < 1.29 is 15.0 Å². The lowest BCUT2D eigenvalue weighted by Crippen LogP contribution is -2.34. The van der Waals surface area contributed by atoms with Crippen LogP contribution in [0.5, 0.6) is 11.5 Å². The lowest BCUT2D eigenvalue weighted by Gasteiger charge is -2.27. The summed E-state index contributed by atoms with van der Waals surface area (Å²) in [6.45, 7) is 1.47. The van der Waals surface area contributed by atoms with Gasteiger partial charge >= 0.3 is 0 Å². The SMILES string of the molecule is O=C(c1cc(Cl)c(O)cc1O)N1CCCC1c1cccc(CNC2CCC2)c1. The van der Waals surface area contributed by atoms with Gasteiger partial charge in [0.25, 0.3) is 5.91 Å². The number of hydrogen-bond acceptors (Lipinski definition) is 4. The number of halogens is 1. The van der Waals surface area contributed by atoms with Crippen LogP contribution in [0.25, 0.3) is 0 Å². The van der Waals surface area contributed by atoms with E-state index in [1.54, 1.807) is 4.90 Å². The molecule has 5 nitrogen and oxygen atoms in total. The Hall–Kier alpha value is -2.24. The molecular weight excluding hydrogens is 376 g/mol. The molecule has 1 aliphatic heterocycles. The first-order chi connectivity index (χ1) is 13.5. The standard InChI is InChI=1S/C22H25ClN2O3/c23-18-11-17(20(26)12-21(18)27)22(28)25-9-3-8-19(25)15-5-1-4-14(10-15)13-24-16-6-2-7-16/h1,4-5,10-12,16,19,24,26-27H,2-3,6-9,13H2. The van der Waals surface area contributed by atoms with E-state index in [9.17, 15) is 15.0 Å². The number of phenolic OH excluding ortho intramolecular Hbond substituents is 2. The maximum Gasteiger partial charge on any atom is 0.258 e. The van der Waals surface area contributed by atoms with Gasteiger partial charge in [0.05, 0.1) is 16.6 Å². The van der Waals surface area contributed by atoms with Gasteiger partial charge in [-0.2, -0.15) is 0 Å². The number of aromatic hydroxyl groups is 2. The molecule has 1 saturated carbocycles. The summed E-state index contributed by atoms with van der Waals surface area (Å²) in [5.74, 6) is -0.753. The van der Waals surface area contributed by atoms with Crippen LogP contribution in [0.4, 0.5) is 0 Å². The molecule has 1 unspecified atom stereocenters. The highest BCUT2D eigenvalue weighted by molar-refractivity contribution is 6.32. The zero-order valence-corrected chi connectivity index (χ0v) is 16.5. The number of hydrogen-bond donors (Lipinski definition) is 3. The zero-order valence-electron chi connectivity index (χ0n) is 15.7. The van der Waals surface area contributed by atoms with Crippen molar-refractivity contribution in [3.8, 4) is 11.5 Å². The van der Waals surface area contributed by atoms with E-state index in [1.165, 1.54) is 30.9 Å². The number of phenols is 2. The Balaban J connectivity index is 1.53. The fourth-order valence-electron chi connectivity index (χ4n) is 4.02. The zero-order chi connectivity index (χ0) is 19.7. The van der Waals surface area contributed by atoms with Crippen LogP contribution in [0.15, 0.2) is 36.4 Å². The van der Waals surface area contributed by atoms with Gasteiger partial charge in [-0.05, 0) is 42.9 Å². The number of nitrogens with one attached hydrogen (secondary N) is 1. The summed E-state index contributed by atoms with van der Waals surface area (Å²) >= 11 is 5.95. The van der Waals surface area contributed by atoms with Crippen LogP contribution >= 0.6 is 11.6 Å². The minimum Gasteiger partial charge on any atom is -0.507 e. The molecule has 1 heterocycles. The van der Waals surface area contributed by atoms with E-state index in [-0.39, 0.29) is 34.0 Å². The van der Waals surface area contributed by atoms with E-state index in [2.05, 4.69) is 23.5 Å². The van der Waals surface area contributed by atoms with Crippen molar-refractivity contribution in [3.63, 3.8) is 0 Å². The van der Waals surface area contributed by atoms with Gasteiger partial charge in [0.15, 0.2) is 0 Å². The molecule has 28 heavy (non-hydrogen) atoms. The van der Waals surface area contributed by atoms with Crippen molar-refractivity contribution in [1.82, 2.24) is 10.2 Å². The maximum absolute atomic E-state index is 13.1. The first-order valence-corrected chi connectivity index (χ1v) is 10.3. The smallest absolute Gasteiger partial charge is 0.258 e. The highest BCUT2D eigenvalue weighted by Gasteiger charge is 2.32. The van der Waals surface area contributed by atoms with E-state index in [0.29, 0.717) is 12.6 Å². The molecule has 2 fully saturated rings. The lowest BCUT2D eigenvalue weighted by molar-refractivity contribution is 0.0732. The van der Waals surface area contributed by atoms with Crippen molar-refractivity contribution >= 4 is 17.5 Å². The number of amides is 1. The van der Waals surface area contributed by atoms with Crippen LogP contribution in [0, 0.1) is 0 Å². The van der Waals surface area contributed by atoms with Crippen LogP contribution in [0.1, 0.15) is 59.6 Å². The molecule has 1 amide bonds. The van der Waals surface area contributed by atoms with Gasteiger partial charge in [-0.15, -0.1) is 0 Å². The summed E-state index contributed by atoms with van der Waals surface area (Å²) in [5, 5.41) is 23.4. The number of rotatable bonds is 5. The van der Waals surface area contributed by atoms with Gasteiger partial charge in [0.2, 0.25) is 0 Å². The van der Waals surface area contributed by atoms with E-state index in [4.69, 9.17) is 11.6 Å². The van der Waals surface area contributed by atoms with Gasteiger partial charge < -0.3 is 20.4 Å². The molecule has 3 N–H and O–H groups in total. The fourth-order valence-corrected chi connectivity index (χ4v) is 4.18. The van der Waals surface area contributed by atoms with Crippen LogP contribution < -0.4 is 5.32 Å². The Morgan fingerprint density at radius 1 is 1.11 bits per heavy atom. The lowest BCUT2D eigenvalue weighted by atomic mass is 9.93. The Bertz CT molecular complexity index is 882. The molecule has 0 spiro atoms. The van der Waals surface area contributed by atoms with Gasteiger partial charge in [-0.3, -0.25) is 4.79 Å². The predicted molar refractivity (Wildman–Crippen MR) is 109 cm³/mol. The van der Waals surface area contributed by atoms with Crippen LogP contribution in [0.2, 0.25) is 5.02 Å². The maximum atomic E-state index is 13.1. The topological polar surface area (TPSA) is 72.8 Å². The summed E-state index contributed by atoms with van der Waals surface area (Å²) in [6, 6.07) is 11.5. The second kappa shape index (κ2) is 8.02. The van der Waals surface area contributed by atoms with Crippen molar-refractivity contribution in [2.75, 3.05) is 6.54 Å². The monoisotopic (exact) mass is 400 g/mol. The summed E-state index contributed by atoms with van der Waals surface area (Å²) in [4.78, 5) is 14.9. The average molecular weight is 401 g/mol. The third-order valence-electron chi connectivity index (χ3n) is 5.85. The second-order valence-electron chi connectivity index (χ2n) is 7.73. The summed E-state index contributed by atoms with van der Waals surface area (Å²) in [5.41, 5.74) is 2.46. The average Bonchev–Trinajstić information content (AvgIpc) is 3.13. The molecule has 6 heteroatoms. The molecular formula is C22H25ClN2O3. The van der Waals surface area contributed by atoms with Gasteiger partial charge in [0.1, 0.15) is 11.5 Å². The molecule has 2 aromatic rings. The van der Waals surface area contributed by atoms with E-state index in [1.807, 2.05) is 6.07 Å². The normalized spacial score (nSPS) is 19.6. The molecule has 1 saturated heterocycles. The fraction of sp³-hybridized carbons (Fsp3) is 0.409.